The second-order valence-corrected chi connectivity index (χ2v) is 8.52. The lowest BCUT2D eigenvalue weighted by molar-refractivity contribution is 0.0339. The minimum atomic E-state index is -0.636. The number of pyridine rings is 1. The van der Waals surface area contributed by atoms with Gasteiger partial charge in [0.25, 0.3) is 0 Å². The van der Waals surface area contributed by atoms with Gasteiger partial charge in [0.2, 0.25) is 0 Å². The lowest BCUT2D eigenvalue weighted by atomic mass is 10.0. The number of aryl methyl sites for hydroxylation is 1. The van der Waals surface area contributed by atoms with Crippen LogP contribution in [0.3, 0.4) is 0 Å². The minimum absolute atomic E-state index is 0.110. The number of hydrogen-bond donors (Lipinski definition) is 0. The van der Waals surface area contributed by atoms with Gasteiger partial charge >= 0.3 is 0 Å². The molecule has 0 spiro atoms. The van der Waals surface area contributed by atoms with Crippen LogP contribution in [0.25, 0.3) is 16.9 Å². The summed E-state index contributed by atoms with van der Waals surface area (Å²) in [6, 6.07) is 13.5. The third kappa shape index (κ3) is 4.72. The van der Waals surface area contributed by atoms with Gasteiger partial charge < -0.3 is 14.2 Å². The Morgan fingerprint density at radius 1 is 1.00 bits per heavy atom. The van der Waals surface area contributed by atoms with Crippen molar-refractivity contribution in [3.05, 3.63) is 83.2 Å². The molecule has 0 N–H and O–H groups in total. The lowest BCUT2D eigenvalue weighted by Crippen LogP contribution is -2.35. The van der Waals surface area contributed by atoms with E-state index in [1.165, 1.54) is 18.2 Å². The Kier molecular flexibility index (Phi) is 6.66. The number of methoxy groups -OCH3 is 1. The van der Waals surface area contributed by atoms with E-state index in [0.29, 0.717) is 11.4 Å². The summed E-state index contributed by atoms with van der Waals surface area (Å²) in [4.78, 5) is 7.07. The molecule has 0 radical (unpaired) electrons. The van der Waals surface area contributed by atoms with Gasteiger partial charge in [-0.3, -0.25) is 9.30 Å². The fraction of sp³-hybridized carbons (Fsp3) is 0.296. The number of morpholine rings is 1. The maximum Gasteiger partial charge on any atom is 0.180 e. The quantitative estimate of drug-likeness (QED) is 0.373. The van der Waals surface area contributed by atoms with Crippen molar-refractivity contribution in [1.29, 1.82) is 0 Å². The summed E-state index contributed by atoms with van der Waals surface area (Å²) in [7, 11) is 1.68. The topological polar surface area (TPSA) is 48.2 Å². The molecule has 4 aromatic rings. The number of rotatable bonds is 7. The predicted octanol–water partition coefficient (Wildman–Crippen LogP) is 5.01. The van der Waals surface area contributed by atoms with Crippen molar-refractivity contribution in [3.8, 4) is 22.8 Å². The highest BCUT2D eigenvalue weighted by Gasteiger charge is 2.19. The predicted molar refractivity (Wildman–Crippen MR) is 129 cm³/mol. The van der Waals surface area contributed by atoms with Crippen LogP contribution in [-0.2, 0) is 17.9 Å². The van der Waals surface area contributed by atoms with Crippen LogP contribution in [-0.4, -0.2) is 47.7 Å². The van der Waals surface area contributed by atoms with Gasteiger partial charge in [0, 0.05) is 37.0 Å². The van der Waals surface area contributed by atoms with Gasteiger partial charge in [0.05, 0.1) is 37.3 Å². The fourth-order valence-corrected chi connectivity index (χ4v) is 4.49. The van der Waals surface area contributed by atoms with Gasteiger partial charge in [-0.25, -0.2) is 13.8 Å². The summed E-state index contributed by atoms with van der Waals surface area (Å²) in [5.41, 5.74) is 4.30. The molecule has 0 amide bonds. The maximum atomic E-state index is 14.1. The van der Waals surface area contributed by atoms with Gasteiger partial charge in [0.15, 0.2) is 11.4 Å². The molecule has 0 bridgehead atoms. The summed E-state index contributed by atoms with van der Waals surface area (Å²) < 4.78 is 47.0. The van der Waals surface area contributed by atoms with E-state index in [1.54, 1.807) is 13.2 Å². The average Bonchev–Trinajstić information content (AvgIpc) is 3.21. The molecular weight excluding hydrogens is 452 g/mol. The van der Waals surface area contributed by atoms with Crippen LogP contribution in [0, 0.1) is 18.6 Å². The Morgan fingerprint density at radius 3 is 2.51 bits per heavy atom. The van der Waals surface area contributed by atoms with Crippen LogP contribution in [0.2, 0.25) is 0 Å². The molecule has 1 fully saturated rings. The molecule has 0 saturated carbocycles. The normalized spacial score (nSPS) is 14.4. The van der Waals surface area contributed by atoms with Gasteiger partial charge in [-0.15, -0.1) is 0 Å². The van der Waals surface area contributed by atoms with Crippen LogP contribution >= 0.6 is 0 Å². The van der Waals surface area contributed by atoms with Crippen molar-refractivity contribution in [3.63, 3.8) is 0 Å². The molecule has 8 heteroatoms. The largest absolute Gasteiger partial charge is 0.496 e. The molecule has 182 valence electrons. The summed E-state index contributed by atoms with van der Waals surface area (Å²) in [5, 5.41) is 0. The van der Waals surface area contributed by atoms with Crippen LogP contribution in [0.15, 0.2) is 54.7 Å². The Labute approximate surface area is 202 Å². The molecule has 6 nitrogen and oxygen atoms in total. The first-order chi connectivity index (χ1) is 17.0. The zero-order valence-corrected chi connectivity index (χ0v) is 19.8. The number of imidazole rings is 1. The second kappa shape index (κ2) is 10.0. The molecule has 35 heavy (non-hydrogen) atoms. The van der Waals surface area contributed by atoms with Crippen molar-refractivity contribution in [2.75, 3.05) is 33.4 Å². The molecule has 0 aliphatic carbocycles. The first-order valence-electron chi connectivity index (χ1n) is 11.6. The third-order valence-electron chi connectivity index (χ3n) is 6.27. The van der Waals surface area contributed by atoms with E-state index in [0.717, 1.165) is 61.1 Å². The summed E-state index contributed by atoms with van der Waals surface area (Å²) in [5.74, 6) is 0.0144. The summed E-state index contributed by atoms with van der Waals surface area (Å²) in [6.45, 7) is 5.69. The lowest BCUT2D eigenvalue weighted by Gasteiger charge is -2.27. The van der Waals surface area contributed by atoms with Crippen molar-refractivity contribution in [2.24, 2.45) is 0 Å². The molecule has 5 rings (SSSR count). The first-order valence-corrected chi connectivity index (χ1v) is 11.6. The highest BCUT2D eigenvalue weighted by molar-refractivity contribution is 5.71. The summed E-state index contributed by atoms with van der Waals surface area (Å²) in [6.07, 6.45) is 1.91. The van der Waals surface area contributed by atoms with Crippen molar-refractivity contribution < 1.29 is 23.0 Å². The highest BCUT2D eigenvalue weighted by Crippen LogP contribution is 2.33. The number of nitrogens with zero attached hydrogens (tertiary/aromatic N) is 3. The van der Waals surface area contributed by atoms with Crippen molar-refractivity contribution >= 4 is 5.65 Å². The van der Waals surface area contributed by atoms with E-state index in [2.05, 4.69) is 11.0 Å². The third-order valence-corrected chi connectivity index (χ3v) is 6.27. The molecule has 3 heterocycles. The monoisotopic (exact) mass is 479 g/mol. The van der Waals surface area contributed by atoms with E-state index in [9.17, 15) is 8.78 Å². The van der Waals surface area contributed by atoms with Crippen LogP contribution in [0.5, 0.6) is 11.5 Å². The standard InChI is InChI=1S/C27H27F2N3O3/c1-18-26(19-8-9-24(33-2)20(15-19)16-31-11-13-34-14-12-31)32-10-4-7-25(27(32)30-18)35-17-21-22(28)5-3-6-23(21)29/h3-10,15H,11-14,16-17H2,1-2H3. The molecule has 0 unspecified atom stereocenters. The van der Waals surface area contributed by atoms with E-state index in [1.807, 2.05) is 35.7 Å². The molecule has 1 aliphatic heterocycles. The molecule has 1 aliphatic rings. The van der Waals surface area contributed by atoms with Crippen molar-refractivity contribution in [2.45, 2.75) is 20.1 Å². The Morgan fingerprint density at radius 2 is 1.77 bits per heavy atom. The number of hydrogen-bond acceptors (Lipinski definition) is 5. The number of fused-ring (bicyclic) bond motifs is 1. The molecule has 0 atom stereocenters. The average molecular weight is 480 g/mol. The zero-order chi connectivity index (χ0) is 24.4. The van der Waals surface area contributed by atoms with Crippen LogP contribution in [0.4, 0.5) is 8.78 Å². The molecule has 2 aromatic heterocycles. The molecular formula is C27H27F2N3O3. The van der Waals surface area contributed by atoms with E-state index < -0.39 is 11.6 Å². The molecule has 2 aromatic carbocycles. The number of benzene rings is 2. The highest BCUT2D eigenvalue weighted by atomic mass is 19.1. The number of halogens is 2. The smallest absolute Gasteiger partial charge is 0.180 e. The zero-order valence-electron chi connectivity index (χ0n) is 19.8. The van der Waals surface area contributed by atoms with E-state index >= 15 is 0 Å². The van der Waals surface area contributed by atoms with Gasteiger partial charge in [-0.1, -0.05) is 6.07 Å². The van der Waals surface area contributed by atoms with Crippen LogP contribution in [0.1, 0.15) is 16.8 Å². The minimum Gasteiger partial charge on any atom is -0.496 e. The second-order valence-electron chi connectivity index (χ2n) is 8.52. The maximum absolute atomic E-state index is 14.1. The first kappa shape index (κ1) is 23.3. The van der Waals surface area contributed by atoms with Gasteiger partial charge in [-0.2, -0.15) is 0 Å². The Hall–Kier alpha value is -3.49. The Bertz CT molecular complexity index is 1330. The van der Waals surface area contributed by atoms with Gasteiger partial charge in [-0.05, 0) is 49.4 Å². The van der Waals surface area contributed by atoms with Crippen LogP contribution < -0.4 is 9.47 Å². The molecule has 1 saturated heterocycles. The van der Waals surface area contributed by atoms with E-state index in [-0.39, 0.29) is 12.2 Å². The fourth-order valence-electron chi connectivity index (χ4n) is 4.49. The summed E-state index contributed by atoms with van der Waals surface area (Å²) >= 11 is 0. The SMILES string of the molecule is COc1ccc(-c2c(C)nc3c(OCc4c(F)cccc4F)cccn23)cc1CN1CCOCC1. The number of ether oxygens (including phenoxy) is 3. The number of aromatic nitrogens is 2. The van der Waals surface area contributed by atoms with Crippen molar-refractivity contribution in [1.82, 2.24) is 14.3 Å². The van der Waals surface area contributed by atoms with E-state index in [4.69, 9.17) is 19.2 Å². The van der Waals surface area contributed by atoms with Gasteiger partial charge in [0.1, 0.15) is 24.0 Å². The Balaban J connectivity index is 1.48.